The second-order valence-corrected chi connectivity index (χ2v) is 9.69. The molecule has 0 bridgehead atoms. The molecule has 118 valence electrons. The zero-order valence-electron chi connectivity index (χ0n) is 14.1. The molecule has 0 saturated carbocycles. The van der Waals surface area contributed by atoms with E-state index in [2.05, 4.69) is 76.2 Å². The molecule has 0 N–H and O–H groups in total. The molecule has 3 unspecified atom stereocenters. The fraction of sp³-hybridized carbons (Fsp3) is 0.400. The highest BCUT2D eigenvalue weighted by Gasteiger charge is 2.17. The van der Waals surface area contributed by atoms with E-state index in [9.17, 15) is 0 Å². The predicted molar refractivity (Wildman–Crippen MR) is 103 cm³/mol. The summed E-state index contributed by atoms with van der Waals surface area (Å²) in [5.41, 5.74) is 2.90. The van der Waals surface area contributed by atoms with Crippen molar-refractivity contribution in [3.8, 4) is 0 Å². The molecule has 0 aliphatic rings. The lowest BCUT2D eigenvalue weighted by Crippen LogP contribution is -2.37. The Kier molecular flexibility index (Phi) is 6.28. The van der Waals surface area contributed by atoms with Crippen LogP contribution in [0, 0.1) is 0 Å². The van der Waals surface area contributed by atoms with Crippen LogP contribution in [0.25, 0.3) is 0 Å². The number of halogens is 1. The normalized spacial score (nSPS) is 15.3. The van der Waals surface area contributed by atoms with E-state index in [1.807, 2.05) is 0 Å². The zero-order chi connectivity index (χ0) is 16.1. The van der Waals surface area contributed by atoms with Gasteiger partial charge in [-0.25, -0.2) is 0 Å². The van der Waals surface area contributed by atoms with Crippen LogP contribution in [-0.2, 0) is 0 Å². The highest BCUT2D eigenvalue weighted by Crippen LogP contribution is 2.24. The molecule has 0 radical (unpaired) electrons. The highest BCUT2D eigenvalue weighted by atomic mass is 35.6. The summed E-state index contributed by atoms with van der Waals surface area (Å²) in [4.78, 5) is 0. The van der Waals surface area contributed by atoms with Crippen molar-refractivity contribution in [2.45, 2.75) is 52.4 Å². The number of hydrogen-bond acceptors (Lipinski definition) is 0. The molecule has 2 rings (SSSR count). The van der Waals surface area contributed by atoms with Crippen molar-refractivity contribution < 1.29 is 0 Å². The molecule has 0 aromatic heterocycles. The number of rotatable bonds is 6. The molecular formula is C20H27ClSi. The van der Waals surface area contributed by atoms with Gasteiger partial charge >= 0.3 is 0 Å². The largest absolute Gasteiger partial charge is 0.201 e. The Bertz CT molecular complexity index is 566. The maximum absolute atomic E-state index is 6.91. The first-order valence-corrected chi connectivity index (χ1v) is 11.3. The first-order chi connectivity index (χ1) is 10.6. The average molecular weight is 331 g/mol. The minimum atomic E-state index is -1.61. The summed E-state index contributed by atoms with van der Waals surface area (Å²) in [5.74, 6) is 1.19. The van der Waals surface area contributed by atoms with Crippen LogP contribution in [0.3, 0.4) is 0 Å². The molecule has 0 saturated heterocycles. The van der Waals surface area contributed by atoms with E-state index in [1.165, 1.54) is 34.3 Å². The summed E-state index contributed by atoms with van der Waals surface area (Å²) >= 11 is 6.91. The third-order valence-electron chi connectivity index (χ3n) is 4.75. The molecule has 3 atom stereocenters. The molecule has 0 aliphatic heterocycles. The lowest BCUT2D eigenvalue weighted by Gasteiger charge is -2.19. The van der Waals surface area contributed by atoms with Gasteiger partial charge in [0.25, 0.3) is 0 Å². The van der Waals surface area contributed by atoms with E-state index in [0.717, 1.165) is 0 Å². The van der Waals surface area contributed by atoms with Crippen molar-refractivity contribution in [3.05, 3.63) is 59.7 Å². The highest BCUT2D eigenvalue weighted by molar-refractivity contribution is 7.21. The predicted octanol–water partition coefficient (Wildman–Crippen LogP) is 4.79. The fourth-order valence-electron chi connectivity index (χ4n) is 2.70. The smallest absolute Gasteiger partial charge is 0.159 e. The molecule has 22 heavy (non-hydrogen) atoms. The molecule has 0 amide bonds. The monoisotopic (exact) mass is 330 g/mol. The van der Waals surface area contributed by atoms with Crippen LogP contribution >= 0.6 is 11.1 Å². The molecule has 0 spiro atoms. The van der Waals surface area contributed by atoms with Gasteiger partial charge in [-0.05, 0) is 46.2 Å². The fourth-order valence-corrected chi connectivity index (χ4v) is 5.14. The first kappa shape index (κ1) is 17.3. The first-order valence-electron chi connectivity index (χ1n) is 8.40. The molecule has 2 aromatic carbocycles. The van der Waals surface area contributed by atoms with Gasteiger partial charge in [-0.3, -0.25) is 0 Å². The Morgan fingerprint density at radius 3 is 1.77 bits per heavy atom. The molecule has 0 heterocycles. The van der Waals surface area contributed by atoms with Crippen LogP contribution < -0.4 is 10.4 Å². The van der Waals surface area contributed by atoms with Crippen molar-refractivity contribution in [1.29, 1.82) is 0 Å². The summed E-state index contributed by atoms with van der Waals surface area (Å²) in [6, 6.07) is 17.7. The van der Waals surface area contributed by atoms with Crippen molar-refractivity contribution in [2.24, 2.45) is 0 Å². The minimum absolute atomic E-state index is 0.594. The summed E-state index contributed by atoms with van der Waals surface area (Å²) in [6.07, 6.45) is 2.34. The molecular weight excluding hydrogens is 304 g/mol. The number of benzene rings is 2. The van der Waals surface area contributed by atoms with E-state index in [4.69, 9.17) is 11.1 Å². The lowest BCUT2D eigenvalue weighted by atomic mass is 9.92. The van der Waals surface area contributed by atoms with Gasteiger partial charge in [0.05, 0.1) is 0 Å². The van der Waals surface area contributed by atoms with Gasteiger partial charge in [-0.2, -0.15) is 11.1 Å². The van der Waals surface area contributed by atoms with Crippen LogP contribution in [-0.4, -0.2) is 8.11 Å². The standard InChI is InChI=1S/C20H27ClSi/c1-5-15(3)17-12-18(16(4)6-2)14-20(13-17)22(21)19-10-8-7-9-11-19/h7-16,22H,5-6H2,1-4H3. The Balaban J connectivity index is 2.45. The quantitative estimate of drug-likeness (QED) is 0.527. The summed E-state index contributed by atoms with van der Waals surface area (Å²) in [6.45, 7) is 9.14. The van der Waals surface area contributed by atoms with Crippen molar-refractivity contribution in [3.63, 3.8) is 0 Å². The third kappa shape index (κ3) is 4.02. The maximum atomic E-state index is 6.91. The van der Waals surface area contributed by atoms with Crippen LogP contribution in [0.15, 0.2) is 48.5 Å². The molecule has 2 heteroatoms. The van der Waals surface area contributed by atoms with Crippen molar-refractivity contribution >= 4 is 29.6 Å². The SMILES string of the molecule is CCC(C)c1cc(C(C)CC)cc([SiH](Cl)c2ccccc2)c1. The van der Waals surface area contributed by atoms with Gasteiger partial charge in [0, 0.05) is 0 Å². The second kappa shape index (κ2) is 7.98. The minimum Gasteiger partial charge on any atom is -0.159 e. The van der Waals surface area contributed by atoms with Gasteiger partial charge in [0.2, 0.25) is 8.11 Å². The van der Waals surface area contributed by atoms with Crippen LogP contribution in [0.4, 0.5) is 0 Å². The molecule has 0 aliphatic carbocycles. The summed E-state index contributed by atoms with van der Waals surface area (Å²) < 4.78 is 0. The van der Waals surface area contributed by atoms with Crippen molar-refractivity contribution in [2.75, 3.05) is 0 Å². The Morgan fingerprint density at radius 2 is 1.32 bits per heavy atom. The van der Waals surface area contributed by atoms with Gasteiger partial charge in [0.15, 0.2) is 0 Å². The van der Waals surface area contributed by atoms with Crippen molar-refractivity contribution in [1.82, 2.24) is 0 Å². The van der Waals surface area contributed by atoms with E-state index < -0.39 is 8.11 Å². The maximum Gasteiger partial charge on any atom is 0.201 e. The van der Waals surface area contributed by atoms with E-state index in [-0.39, 0.29) is 0 Å². The lowest BCUT2D eigenvalue weighted by molar-refractivity contribution is 0.712. The van der Waals surface area contributed by atoms with E-state index in [0.29, 0.717) is 11.8 Å². The Labute approximate surface area is 141 Å². The van der Waals surface area contributed by atoms with Gasteiger partial charge < -0.3 is 0 Å². The zero-order valence-corrected chi connectivity index (χ0v) is 16.1. The van der Waals surface area contributed by atoms with Gasteiger partial charge in [-0.1, -0.05) is 76.2 Å². The van der Waals surface area contributed by atoms with E-state index >= 15 is 0 Å². The van der Waals surface area contributed by atoms with Gasteiger partial charge in [0.1, 0.15) is 0 Å². The summed E-state index contributed by atoms with van der Waals surface area (Å²) in [7, 11) is -1.61. The second-order valence-electron chi connectivity index (χ2n) is 6.32. The van der Waals surface area contributed by atoms with E-state index in [1.54, 1.807) is 0 Å². The topological polar surface area (TPSA) is 0 Å². The number of hydrogen-bond donors (Lipinski definition) is 0. The Morgan fingerprint density at radius 1 is 0.818 bits per heavy atom. The molecule has 0 fully saturated rings. The summed E-state index contributed by atoms with van der Waals surface area (Å²) in [5, 5.41) is 2.67. The molecule has 2 aromatic rings. The average Bonchev–Trinajstić information content (AvgIpc) is 2.59. The molecule has 0 nitrogen and oxygen atoms in total. The van der Waals surface area contributed by atoms with Crippen LogP contribution in [0.5, 0.6) is 0 Å². The Hall–Kier alpha value is -1.05. The third-order valence-corrected chi connectivity index (χ3v) is 8.15. The van der Waals surface area contributed by atoms with Gasteiger partial charge in [-0.15, -0.1) is 0 Å². The van der Waals surface area contributed by atoms with Crippen LogP contribution in [0.1, 0.15) is 63.5 Å². The van der Waals surface area contributed by atoms with Crippen LogP contribution in [0.2, 0.25) is 0 Å².